The molecular weight excluding hydrogens is 539 g/mol. The number of fused-ring (bicyclic) bond motifs is 1. The summed E-state index contributed by atoms with van der Waals surface area (Å²) in [5.41, 5.74) is 1.32. The van der Waals surface area contributed by atoms with Crippen LogP contribution >= 0.6 is 23.2 Å². The molecule has 0 saturated carbocycles. The quantitative estimate of drug-likeness (QED) is 0.311. The number of pyridine rings is 2. The minimum Gasteiger partial charge on any atom is -0.495 e. The van der Waals surface area contributed by atoms with E-state index in [0.717, 1.165) is 29.7 Å². The Hall–Kier alpha value is -3.07. The SMILES string of the molecule is C=CC(=O)C[C@H]1COC[C@H]1Nc1cc2c(N3CC(C)(C)C3)nc(-c3c(Cl)c(OC)cc(OC)c3Cl)cc2cn1. The number of carbonyl (C=O) groups excluding carboxylic acids is 1. The summed E-state index contributed by atoms with van der Waals surface area (Å²) in [5, 5.41) is 6.04. The smallest absolute Gasteiger partial charge is 0.155 e. The number of allylic oxidation sites excluding steroid dienone is 1. The van der Waals surface area contributed by atoms with E-state index in [1.54, 1.807) is 20.3 Å². The molecular formula is C29H32Cl2N4O4. The van der Waals surface area contributed by atoms with Crippen molar-refractivity contribution in [1.82, 2.24) is 9.97 Å². The summed E-state index contributed by atoms with van der Waals surface area (Å²) in [6.07, 6.45) is 3.57. The fourth-order valence-corrected chi connectivity index (χ4v) is 6.01. The Kier molecular flexibility index (Phi) is 7.64. The van der Waals surface area contributed by atoms with Crippen molar-refractivity contribution in [3.63, 3.8) is 0 Å². The lowest BCUT2D eigenvalue weighted by Crippen LogP contribution is -2.53. The van der Waals surface area contributed by atoms with Crippen molar-refractivity contribution in [2.45, 2.75) is 26.3 Å². The van der Waals surface area contributed by atoms with Crippen LogP contribution in [0.2, 0.25) is 10.0 Å². The van der Waals surface area contributed by atoms with Crippen molar-refractivity contribution in [1.29, 1.82) is 0 Å². The number of ketones is 1. The number of carbonyl (C=O) groups is 1. The molecule has 8 nitrogen and oxygen atoms in total. The first-order valence-electron chi connectivity index (χ1n) is 12.8. The topological polar surface area (TPSA) is 85.8 Å². The van der Waals surface area contributed by atoms with E-state index in [2.05, 4.69) is 30.6 Å². The summed E-state index contributed by atoms with van der Waals surface area (Å²) in [6.45, 7) is 10.8. The maximum Gasteiger partial charge on any atom is 0.155 e. The number of nitrogens with one attached hydrogen (secondary N) is 1. The van der Waals surface area contributed by atoms with Crippen molar-refractivity contribution in [2.75, 3.05) is 50.7 Å². The largest absolute Gasteiger partial charge is 0.495 e. The number of aromatic nitrogens is 2. The van der Waals surface area contributed by atoms with E-state index in [1.165, 1.54) is 6.08 Å². The fourth-order valence-electron chi connectivity index (χ4n) is 5.31. The Morgan fingerprint density at radius 2 is 1.87 bits per heavy atom. The molecule has 0 amide bonds. The summed E-state index contributed by atoms with van der Waals surface area (Å²) in [4.78, 5) is 24.0. The van der Waals surface area contributed by atoms with Gasteiger partial charge in [0.1, 0.15) is 23.1 Å². The number of halogens is 2. The third kappa shape index (κ3) is 5.38. The van der Waals surface area contributed by atoms with Crippen LogP contribution in [0.25, 0.3) is 22.0 Å². The number of ether oxygens (including phenoxy) is 3. The van der Waals surface area contributed by atoms with Gasteiger partial charge in [0, 0.05) is 54.0 Å². The summed E-state index contributed by atoms with van der Waals surface area (Å²) in [7, 11) is 3.09. The summed E-state index contributed by atoms with van der Waals surface area (Å²) in [6, 6.07) is 5.57. The lowest BCUT2D eigenvalue weighted by molar-refractivity contribution is -0.115. The molecule has 2 atom stereocenters. The Morgan fingerprint density at radius 3 is 2.49 bits per heavy atom. The molecule has 2 aliphatic rings. The van der Waals surface area contributed by atoms with Gasteiger partial charge >= 0.3 is 0 Å². The van der Waals surface area contributed by atoms with Gasteiger partial charge in [0.05, 0.1) is 49.2 Å². The lowest BCUT2D eigenvalue weighted by Gasteiger charge is -2.47. The first-order chi connectivity index (χ1) is 18.6. The van der Waals surface area contributed by atoms with Crippen LogP contribution in [0.3, 0.4) is 0 Å². The van der Waals surface area contributed by atoms with E-state index in [4.69, 9.17) is 47.4 Å². The summed E-state index contributed by atoms with van der Waals surface area (Å²) >= 11 is 13.5. The molecule has 1 N–H and O–H groups in total. The van der Waals surface area contributed by atoms with Gasteiger partial charge in [-0.15, -0.1) is 0 Å². The minimum absolute atomic E-state index is 0.00896. The highest BCUT2D eigenvalue weighted by atomic mass is 35.5. The van der Waals surface area contributed by atoms with Crippen LogP contribution in [0.4, 0.5) is 11.6 Å². The van der Waals surface area contributed by atoms with Gasteiger partial charge in [-0.2, -0.15) is 0 Å². The summed E-state index contributed by atoms with van der Waals surface area (Å²) in [5.74, 6) is 2.47. The molecule has 206 valence electrons. The fraction of sp³-hybridized carbons (Fsp3) is 0.414. The Balaban J connectivity index is 1.58. The monoisotopic (exact) mass is 570 g/mol. The number of benzene rings is 1. The third-order valence-electron chi connectivity index (χ3n) is 7.28. The van der Waals surface area contributed by atoms with Gasteiger partial charge in [0.15, 0.2) is 5.78 Å². The molecule has 10 heteroatoms. The highest BCUT2D eigenvalue weighted by Crippen LogP contribution is 2.47. The molecule has 0 radical (unpaired) electrons. The van der Waals surface area contributed by atoms with Crippen molar-refractivity contribution < 1.29 is 19.0 Å². The predicted octanol–water partition coefficient (Wildman–Crippen LogP) is 6.04. The zero-order chi connectivity index (χ0) is 27.9. The van der Waals surface area contributed by atoms with Crippen molar-refractivity contribution in [3.8, 4) is 22.8 Å². The van der Waals surface area contributed by atoms with Crippen LogP contribution in [0.1, 0.15) is 20.3 Å². The number of hydrogen-bond donors (Lipinski definition) is 1. The lowest BCUT2D eigenvalue weighted by atomic mass is 9.84. The van der Waals surface area contributed by atoms with Crippen LogP contribution in [-0.2, 0) is 9.53 Å². The summed E-state index contributed by atoms with van der Waals surface area (Å²) < 4.78 is 16.6. The molecule has 2 aromatic heterocycles. The molecule has 0 bridgehead atoms. The van der Waals surface area contributed by atoms with Gasteiger partial charge in [-0.3, -0.25) is 4.79 Å². The molecule has 0 unspecified atom stereocenters. The number of nitrogens with zero attached hydrogens (tertiary/aromatic N) is 3. The first kappa shape index (κ1) is 27.5. The van der Waals surface area contributed by atoms with Crippen LogP contribution in [-0.4, -0.2) is 62.3 Å². The van der Waals surface area contributed by atoms with Crippen LogP contribution < -0.4 is 19.7 Å². The molecule has 39 heavy (non-hydrogen) atoms. The van der Waals surface area contributed by atoms with Crippen molar-refractivity contribution >= 4 is 51.4 Å². The second-order valence-electron chi connectivity index (χ2n) is 10.8. The average molecular weight is 572 g/mol. The number of rotatable bonds is 9. The minimum atomic E-state index is -0.0284. The second-order valence-corrected chi connectivity index (χ2v) is 11.6. The molecule has 1 aromatic carbocycles. The van der Waals surface area contributed by atoms with Gasteiger partial charge in [0.2, 0.25) is 0 Å². The Morgan fingerprint density at radius 1 is 1.18 bits per heavy atom. The molecule has 0 spiro atoms. The van der Waals surface area contributed by atoms with E-state index in [1.807, 2.05) is 18.3 Å². The molecule has 5 rings (SSSR count). The van der Waals surface area contributed by atoms with Gasteiger partial charge < -0.3 is 24.4 Å². The van der Waals surface area contributed by atoms with E-state index >= 15 is 0 Å². The van der Waals surface area contributed by atoms with E-state index in [0.29, 0.717) is 58.3 Å². The van der Waals surface area contributed by atoms with Gasteiger partial charge in [-0.1, -0.05) is 43.6 Å². The second kappa shape index (κ2) is 10.8. The average Bonchev–Trinajstić information content (AvgIpc) is 3.33. The van der Waals surface area contributed by atoms with Crippen molar-refractivity contribution in [3.05, 3.63) is 47.1 Å². The molecule has 2 saturated heterocycles. The van der Waals surface area contributed by atoms with Gasteiger partial charge in [-0.05, 0) is 23.6 Å². The van der Waals surface area contributed by atoms with E-state index < -0.39 is 0 Å². The molecule has 0 aliphatic carbocycles. The maximum absolute atomic E-state index is 12.0. The maximum atomic E-state index is 12.0. The van der Waals surface area contributed by atoms with Gasteiger partial charge in [0.25, 0.3) is 0 Å². The standard InChI is InChI=1S/C29H32Cl2N4O4/c1-6-18(36)7-17-12-39-13-21(17)33-24-9-19-16(11-32-24)8-20(34-28(19)35-14-29(2,3)15-35)25-26(30)22(37-4)10-23(38-5)27(25)31/h6,8-11,17,21H,1,7,12-15H2,2-5H3,(H,32,33)/t17-,21+/m0/s1. The zero-order valence-electron chi connectivity index (χ0n) is 22.5. The van der Waals surface area contributed by atoms with Crippen molar-refractivity contribution in [2.24, 2.45) is 11.3 Å². The normalized spacial score (nSPS) is 20.0. The molecule has 4 heterocycles. The van der Waals surface area contributed by atoms with Crippen LogP contribution in [0, 0.1) is 11.3 Å². The molecule has 2 aliphatic heterocycles. The Bertz CT molecular complexity index is 1410. The molecule has 3 aromatic rings. The first-order valence-corrected chi connectivity index (χ1v) is 13.6. The van der Waals surface area contributed by atoms with Crippen LogP contribution in [0.15, 0.2) is 37.1 Å². The number of anilines is 2. The highest BCUT2D eigenvalue weighted by Gasteiger charge is 2.36. The van der Waals surface area contributed by atoms with E-state index in [9.17, 15) is 4.79 Å². The zero-order valence-corrected chi connectivity index (χ0v) is 24.0. The van der Waals surface area contributed by atoms with E-state index in [-0.39, 0.29) is 23.2 Å². The predicted molar refractivity (Wildman–Crippen MR) is 156 cm³/mol. The van der Waals surface area contributed by atoms with Crippen LogP contribution in [0.5, 0.6) is 11.5 Å². The molecule has 2 fully saturated rings. The highest BCUT2D eigenvalue weighted by molar-refractivity contribution is 6.41. The Labute approximate surface area is 238 Å². The third-order valence-corrected chi connectivity index (χ3v) is 8.03. The van der Waals surface area contributed by atoms with Gasteiger partial charge in [-0.25, -0.2) is 9.97 Å². The number of hydrogen-bond acceptors (Lipinski definition) is 8. The number of methoxy groups -OCH3 is 2.